The third-order valence-corrected chi connectivity index (χ3v) is 8.18. The van der Waals surface area contributed by atoms with Crippen LogP contribution in [0, 0.1) is 23.5 Å². The van der Waals surface area contributed by atoms with E-state index in [0.717, 1.165) is 6.42 Å². The van der Waals surface area contributed by atoms with Crippen molar-refractivity contribution >= 4 is 3.21 Å². The Morgan fingerprint density at radius 1 is 0.762 bits per heavy atom. The third kappa shape index (κ3) is 10.6. The van der Waals surface area contributed by atoms with Gasteiger partial charge in [-0.15, -0.1) is 11.1 Å². The van der Waals surface area contributed by atoms with Gasteiger partial charge in [-0.25, -0.2) is 6.08 Å². The van der Waals surface area contributed by atoms with E-state index in [1.165, 1.54) is 72.0 Å². The second kappa shape index (κ2) is 15.5. The van der Waals surface area contributed by atoms with E-state index in [2.05, 4.69) is 155 Å². The van der Waals surface area contributed by atoms with Gasteiger partial charge in [-0.3, -0.25) is 6.08 Å². The van der Waals surface area contributed by atoms with Crippen LogP contribution in [-0.2, 0) is 41.5 Å². The van der Waals surface area contributed by atoms with Gasteiger partial charge >= 0.3 is 70.3 Å². The fourth-order valence-electron chi connectivity index (χ4n) is 4.77. The first kappa shape index (κ1) is 38.5. The molecule has 0 aromatic heterocycles. The first-order chi connectivity index (χ1) is 18.5. The topological polar surface area (TPSA) is 0 Å². The summed E-state index contributed by atoms with van der Waals surface area (Å²) in [5.74, 6) is 0.522. The van der Waals surface area contributed by atoms with Gasteiger partial charge in [-0.05, 0) is 28.4 Å². The third-order valence-electron chi connectivity index (χ3n) is 7.47. The fraction of sp³-hybridized carbons (Fsp3) is 0.410. The molecule has 3 heteroatoms. The molecule has 0 nitrogen and oxygen atoms in total. The Kier molecular flexibility index (Phi) is 14.2. The molecule has 3 aromatic rings. The Balaban J connectivity index is 0.000000353. The van der Waals surface area contributed by atoms with E-state index in [-0.39, 0.29) is 35.6 Å². The Morgan fingerprint density at radius 3 is 1.79 bits per heavy atom. The summed E-state index contributed by atoms with van der Waals surface area (Å²) in [5.41, 5.74) is 11.8. The molecule has 2 aliphatic carbocycles. The van der Waals surface area contributed by atoms with E-state index in [0.29, 0.717) is 11.3 Å². The van der Waals surface area contributed by atoms with Crippen LogP contribution < -0.4 is 24.8 Å². The van der Waals surface area contributed by atoms with E-state index in [9.17, 15) is 0 Å². The van der Waals surface area contributed by atoms with Gasteiger partial charge in [0.15, 0.2) is 0 Å². The average molecular weight is 679 g/mol. The van der Waals surface area contributed by atoms with Crippen molar-refractivity contribution in [2.75, 3.05) is 0 Å². The summed E-state index contributed by atoms with van der Waals surface area (Å²) >= 11 is 1.51. The minimum absolute atomic E-state index is 0. The minimum atomic E-state index is 0. The molecule has 1 unspecified atom stereocenters. The average Bonchev–Trinajstić information content (AvgIpc) is 3.47. The van der Waals surface area contributed by atoms with Crippen molar-refractivity contribution in [2.45, 2.75) is 93.4 Å². The molecule has 0 saturated heterocycles. The Hall–Kier alpha value is -1.53. The molecule has 0 bridgehead atoms. The molecule has 0 spiro atoms. The van der Waals surface area contributed by atoms with Crippen molar-refractivity contribution in [1.82, 2.24) is 0 Å². The molecule has 0 radical (unpaired) electrons. The summed E-state index contributed by atoms with van der Waals surface area (Å²) in [7, 11) is 0. The zero-order chi connectivity index (χ0) is 29.9. The van der Waals surface area contributed by atoms with Gasteiger partial charge in [0.1, 0.15) is 0 Å². The maximum atomic E-state index is 3.67. The summed E-state index contributed by atoms with van der Waals surface area (Å²) in [6.07, 6.45) is 8.68. The predicted molar refractivity (Wildman–Crippen MR) is 172 cm³/mol. The first-order valence-electron chi connectivity index (χ1n) is 14.6. The van der Waals surface area contributed by atoms with E-state index in [1.54, 1.807) is 0 Å². The molecular weight excluding hydrogens is 631 g/mol. The van der Waals surface area contributed by atoms with Crippen LogP contribution in [-0.4, -0.2) is 3.21 Å². The van der Waals surface area contributed by atoms with E-state index in [4.69, 9.17) is 0 Å². The molecule has 3 aromatic carbocycles. The second-order valence-corrected chi connectivity index (χ2v) is 16.1. The smallest absolute Gasteiger partial charge is 1.00 e. The SMILES string of the molecule is CC(C)(C)c1[c-]c2c(cc1)-c1ccc(C(C)(C)C)cc1C2.CC1[C-]=CC(C(C)(C)C)=C1.C[C](=[Zr+2])c1ccccc1.[Cl-].[Cl-]. The first-order valence-corrected chi connectivity index (χ1v) is 15.8. The van der Waals surface area contributed by atoms with E-state index in [1.807, 2.05) is 6.07 Å². The molecule has 0 heterocycles. The fourth-order valence-corrected chi connectivity index (χ4v) is 5.18. The number of rotatable bonds is 1. The largest absolute Gasteiger partial charge is 1.00 e. The molecule has 1 atom stereocenters. The summed E-state index contributed by atoms with van der Waals surface area (Å²) < 4.78 is 1.46. The summed E-state index contributed by atoms with van der Waals surface area (Å²) in [5, 5.41) is 0. The number of benzene rings is 3. The zero-order valence-corrected chi connectivity index (χ0v) is 31.4. The maximum absolute atomic E-state index is 3.67. The van der Waals surface area contributed by atoms with E-state index < -0.39 is 0 Å². The van der Waals surface area contributed by atoms with Gasteiger partial charge in [0.05, 0.1) is 0 Å². The van der Waals surface area contributed by atoms with Crippen LogP contribution in [0.3, 0.4) is 0 Å². The van der Waals surface area contributed by atoms with Gasteiger partial charge in [0.2, 0.25) is 0 Å². The predicted octanol–water partition coefficient (Wildman–Crippen LogP) is 4.40. The molecule has 0 aliphatic heterocycles. The van der Waals surface area contributed by atoms with Crippen LogP contribution in [0.5, 0.6) is 0 Å². The van der Waals surface area contributed by atoms with Crippen LogP contribution in [0.1, 0.15) is 104 Å². The number of halogens is 2. The Morgan fingerprint density at radius 2 is 1.36 bits per heavy atom. The summed E-state index contributed by atoms with van der Waals surface area (Å²) in [4.78, 5) is 0. The molecule has 0 fully saturated rings. The molecule has 5 rings (SSSR count). The molecule has 42 heavy (non-hydrogen) atoms. The zero-order valence-electron chi connectivity index (χ0n) is 27.5. The minimum Gasteiger partial charge on any atom is -1.00 e. The van der Waals surface area contributed by atoms with Crippen molar-refractivity contribution in [3.8, 4) is 11.1 Å². The molecule has 0 amide bonds. The number of hydrogen-bond acceptors (Lipinski definition) is 0. The van der Waals surface area contributed by atoms with Crippen molar-refractivity contribution in [3.63, 3.8) is 0 Å². The van der Waals surface area contributed by atoms with Crippen molar-refractivity contribution in [3.05, 3.63) is 118 Å². The maximum Gasteiger partial charge on any atom is -1.00 e. The van der Waals surface area contributed by atoms with Crippen molar-refractivity contribution in [1.29, 1.82) is 0 Å². The van der Waals surface area contributed by atoms with Crippen LogP contribution in [0.4, 0.5) is 0 Å². The monoisotopic (exact) mass is 676 g/mol. The van der Waals surface area contributed by atoms with Crippen LogP contribution >= 0.6 is 0 Å². The molecule has 0 N–H and O–H groups in total. The van der Waals surface area contributed by atoms with Crippen molar-refractivity contribution in [2.24, 2.45) is 11.3 Å². The standard InChI is InChI=1S/C21H25.C10H15.C8H8.2ClH.Zr/c1-20(2,3)16-7-9-18-14(12-16)11-15-13-17(21(4,5)6)8-10-19(15)18;1-8-5-6-9(7-8)10(2,3)4;1-2-8-6-4-3-5-7-8;;;/h7-10,12H,11H2,1-6H3;6-8H,1-4H3;3-7H,1H3;2*1H;/q2*-1;;;;+2/p-2. The number of allylic oxidation sites excluding steroid dienone is 4. The van der Waals surface area contributed by atoms with Gasteiger partial charge in [0.25, 0.3) is 0 Å². The van der Waals surface area contributed by atoms with Crippen LogP contribution in [0.15, 0.2) is 78.4 Å². The Labute approximate surface area is 284 Å². The van der Waals surface area contributed by atoms with Gasteiger partial charge in [-0.2, -0.15) is 35.4 Å². The van der Waals surface area contributed by atoms with Gasteiger partial charge in [0, 0.05) is 0 Å². The van der Waals surface area contributed by atoms with Crippen molar-refractivity contribution < 1.29 is 49.0 Å². The number of hydrogen-bond donors (Lipinski definition) is 0. The second-order valence-electron chi connectivity index (χ2n) is 14.3. The molecule has 0 saturated carbocycles. The van der Waals surface area contributed by atoms with Gasteiger partial charge < -0.3 is 24.8 Å². The Bertz CT molecular complexity index is 1330. The normalized spacial score (nSPS) is 15.0. The number of fused-ring (bicyclic) bond motifs is 3. The molecule has 224 valence electrons. The molecule has 2 aliphatic rings. The summed E-state index contributed by atoms with van der Waals surface area (Å²) in [6.45, 7) is 24.6. The van der Waals surface area contributed by atoms with Gasteiger partial charge in [-0.1, -0.05) is 104 Å². The van der Waals surface area contributed by atoms with Crippen LogP contribution in [0.25, 0.3) is 11.1 Å². The summed E-state index contributed by atoms with van der Waals surface area (Å²) in [6, 6.07) is 25.6. The van der Waals surface area contributed by atoms with Crippen LogP contribution in [0.2, 0.25) is 0 Å². The van der Waals surface area contributed by atoms with E-state index >= 15 is 0 Å². The molecular formula is C39H48Cl2Zr-2. The quantitative estimate of drug-likeness (QED) is 0.262.